The van der Waals surface area contributed by atoms with Crippen molar-refractivity contribution in [3.8, 4) is 11.3 Å². The Balaban J connectivity index is 1.39. The zero-order valence-electron chi connectivity index (χ0n) is 15.3. The zero-order chi connectivity index (χ0) is 19.7. The molecule has 2 N–H and O–H groups in total. The van der Waals surface area contributed by atoms with Crippen LogP contribution in [0.1, 0.15) is 12.8 Å². The van der Waals surface area contributed by atoms with Gasteiger partial charge in [0, 0.05) is 48.2 Å². The number of piperidine rings is 1. The van der Waals surface area contributed by atoms with Gasteiger partial charge in [0.05, 0.1) is 11.9 Å². The molecule has 3 heterocycles. The van der Waals surface area contributed by atoms with E-state index in [4.69, 9.17) is 0 Å². The number of nitrogens with one attached hydrogen (secondary N) is 2. The van der Waals surface area contributed by atoms with Crippen molar-refractivity contribution in [2.24, 2.45) is 0 Å². The first-order chi connectivity index (χ1) is 13.4. The van der Waals surface area contributed by atoms with Crippen LogP contribution in [-0.2, 0) is 10.0 Å². The molecule has 1 fully saturated rings. The second kappa shape index (κ2) is 7.53. The monoisotopic (exact) mass is 419 g/mol. The van der Waals surface area contributed by atoms with Gasteiger partial charge in [0.1, 0.15) is 0 Å². The Morgan fingerprint density at radius 1 is 1.29 bits per heavy atom. The number of hydrogen-bond acceptors (Lipinski definition) is 5. The second-order valence-electron chi connectivity index (χ2n) is 6.90. The minimum Gasteiger partial charge on any atom is -0.323 e. The van der Waals surface area contributed by atoms with E-state index in [9.17, 15) is 13.2 Å². The highest BCUT2D eigenvalue weighted by Crippen LogP contribution is 2.23. The van der Waals surface area contributed by atoms with Gasteiger partial charge in [0.25, 0.3) is 0 Å². The maximum absolute atomic E-state index is 12.5. The Morgan fingerprint density at radius 3 is 2.79 bits per heavy atom. The molecule has 0 saturated carbocycles. The van der Waals surface area contributed by atoms with Crippen molar-refractivity contribution in [1.82, 2.24) is 19.0 Å². The Morgan fingerprint density at radius 2 is 2.07 bits per heavy atom. The SMILES string of the molecule is CS(=O)(=O)NC1CCCN(C(=O)Nc2ccc(-c3cn4ccsc4n3)cc2)C1. The van der Waals surface area contributed by atoms with Crippen molar-refractivity contribution in [3.63, 3.8) is 0 Å². The van der Waals surface area contributed by atoms with Crippen molar-refractivity contribution in [2.75, 3.05) is 24.7 Å². The average molecular weight is 420 g/mol. The van der Waals surface area contributed by atoms with Gasteiger partial charge in [-0.2, -0.15) is 0 Å². The number of nitrogens with zero attached hydrogens (tertiary/aromatic N) is 3. The molecule has 28 heavy (non-hydrogen) atoms. The number of fused-ring (bicyclic) bond motifs is 1. The van der Waals surface area contributed by atoms with Crippen molar-refractivity contribution < 1.29 is 13.2 Å². The third-order valence-electron chi connectivity index (χ3n) is 4.61. The molecule has 4 rings (SSSR count). The van der Waals surface area contributed by atoms with Crippen LogP contribution in [0.25, 0.3) is 16.2 Å². The summed E-state index contributed by atoms with van der Waals surface area (Å²) >= 11 is 1.58. The van der Waals surface area contributed by atoms with Crippen LogP contribution < -0.4 is 10.0 Å². The molecule has 1 unspecified atom stereocenters. The third-order valence-corrected chi connectivity index (χ3v) is 6.15. The lowest BCUT2D eigenvalue weighted by atomic mass is 10.1. The molecule has 148 valence electrons. The molecular formula is C18H21N5O3S2. The molecule has 1 aliphatic rings. The number of aromatic nitrogens is 2. The van der Waals surface area contributed by atoms with Gasteiger partial charge in [-0.1, -0.05) is 12.1 Å². The third kappa shape index (κ3) is 4.34. The molecule has 1 aliphatic heterocycles. The molecular weight excluding hydrogens is 398 g/mol. The number of amides is 2. The van der Waals surface area contributed by atoms with E-state index in [2.05, 4.69) is 15.0 Å². The van der Waals surface area contributed by atoms with E-state index in [0.717, 1.165) is 35.3 Å². The number of rotatable bonds is 4. The predicted molar refractivity (Wildman–Crippen MR) is 110 cm³/mol. The van der Waals surface area contributed by atoms with Crippen LogP contribution in [0.4, 0.5) is 10.5 Å². The number of carbonyl (C=O) groups excluding carboxylic acids is 1. The Hall–Kier alpha value is -2.43. The lowest BCUT2D eigenvalue weighted by Gasteiger charge is -2.32. The Labute approximate surface area is 167 Å². The van der Waals surface area contributed by atoms with Crippen LogP contribution in [0.5, 0.6) is 0 Å². The number of hydrogen-bond donors (Lipinski definition) is 2. The lowest BCUT2D eigenvalue weighted by molar-refractivity contribution is 0.190. The summed E-state index contributed by atoms with van der Waals surface area (Å²) in [6.45, 7) is 0.972. The summed E-state index contributed by atoms with van der Waals surface area (Å²) < 4.78 is 27.4. The molecule has 1 aromatic carbocycles. The fourth-order valence-electron chi connectivity index (χ4n) is 3.35. The maximum Gasteiger partial charge on any atom is 0.321 e. The molecule has 0 radical (unpaired) electrons. The van der Waals surface area contributed by atoms with Crippen molar-refractivity contribution in [3.05, 3.63) is 42.0 Å². The molecule has 2 amide bonds. The van der Waals surface area contributed by atoms with Crippen LogP contribution >= 0.6 is 11.3 Å². The fraction of sp³-hybridized carbons (Fsp3) is 0.333. The van der Waals surface area contributed by atoms with E-state index in [0.29, 0.717) is 18.8 Å². The molecule has 10 heteroatoms. The van der Waals surface area contributed by atoms with E-state index in [1.54, 1.807) is 16.2 Å². The minimum absolute atomic E-state index is 0.227. The van der Waals surface area contributed by atoms with Gasteiger partial charge in [0.15, 0.2) is 4.96 Å². The predicted octanol–water partition coefficient (Wildman–Crippen LogP) is 2.61. The summed E-state index contributed by atoms with van der Waals surface area (Å²) in [6, 6.07) is 7.06. The summed E-state index contributed by atoms with van der Waals surface area (Å²) in [5.74, 6) is 0. The van der Waals surface area contributed by atoms with Crippen LogP contribution in [0.3, 0.4) is 0 Å². The molecule has 0 bridgehead atoms. The van der Waals surface area contributed by atoms with Gasteiger partial charge in [-0.25, -0.2) is 22.9 Å². The first-order valence-electron chi connectivity index (χ1n) is 8.93. The maximum atomic E-state index is 12.5. The summed E-state index contributed by atoms with van der Waals surface area (Å²) in [5.41, 5.74) is 2.55. The van der Waals surface area contributed by atoms with Gasteiger partial charge < -0.3 is 10.2 Å². The van der Waals surface area contributed by atoms with E-state index >= 15 is 0 Å². The number of sulfonamides is 1. The minimum atomic E-state index is -3.28. The standard InChI is InChI=1S/C18H21N5O3S2/c1-28(25,26)21-15-3-2-8-22(11-15)17(24)19-14-6-4-13(5-7-14)16-12-23-9-10-27-18(23)20-16/h4-7,9-10,12,15,21H,2-3,8,11H2,1H3,(H,19,24). The highest BCUT2D eigenvalue weighted by Gasteiger charge is 2.25. The molecule has 0 spiro atoms. The van der Waals surface area contributed by atoms with Gasteiger partial charge in [-0.3, -0.25) is 4.40 Å². The van der Waals surface area contributed by atoms with E-state index in [1.165, 1.54) is 0 Å². The van der Waals surface area contributed by atoms with Crippen LogP contribution in [0.2, 0.25) is 0 Å². The van der Waals surface area contributed by atoms with Crippen LogP contribution in [0.15, 0.2) is 42.0 Å². The highest BCUT2D eigenvalue weighted by atomic mass is 32.2. The Kier molecular flexibility index (Phi) is 5.09. The normalized spacial score (nSPS) is 17.8. The smallest absolute Gasteiger partial charge is 0.321 e. The molecule has 1 saturated heterocycles. The van der Waals surface area contributed by atoms with Gasteiger partial charge in [-0.05, 0) is 25.0 Å². The number of thiazole rings is 1. The molecule has 1 atom stereocenters. The molecule has 0 aliphatic carbocycles. The number of imidazole rings is 1. The van der Waals surface area contributed by atoms with Gasteiger partial charge in [0.2, 0.25) is 10.0 Å². The van der Waals surface area contributed by atoms with Crippen molar-refractivity contribution in [1.29, 1.82) is 0 Å². The second-order valence-corrected chi connectivity index (χ2v) is 9.55. The largest absolute Gasteiger partial charge is 0.323 e. The number of benzene rings is 1. The first kappa shape index (κ1) is 18.9. The van der Waals surface area contributed by atoms with E-state index in [-0.39, 0.29) is 12.1 Å². The summed E-state index contributed by atoms with van der Waals surface area (Å²) in [6.07, 6.45) is 6.57. The number of anilines is 1. The van der Waals surface area contributed by atoms with E-state index in [1.807, 2.05) is 46.4 Å². The van der Waals surface area contributed by atoms with Crippen LogP contribution in [-0.4, -0.2) is 54.1 Å². The fourth-order valence-corrected chi connectivity index (χ4v) is 4.85. The van der Waals surface area contributed by atoms with Gasteiger partial charge in [-0.15, -0.1) is 11.3 Å². The quantitative estimate of drug-likeness (QED) is 0.679. The van der Waals surface area contributed by atoms with Crippen molar-refractivity contribution in [2.45, 2.75) is 18.9 Å². The summed E-state index contributed by atoms with van der Waals surface area (Å²) in [4.78, 5) is 19.7. The summed E-state index contributed by atoms with van der Waals surface area (Å²) in [7, 11) is -3.28. The van der Waals surface area contributed by atoms with E-state index < -0.39 is 10.0 Å². The summed E-state index contributed by atoms with van der Waals surface area (Å²) in [5, 5.41) is 4.87. The first-order valence-corrected chi connectivity index (χ1v) is 11.7. The molecule has 2 aromatic heterocycles. The highest BCUT2D eigenvalue weighted by molar-refractivity contribution is 7.88. The Bertz CT molecular complexity index is 1060. The number of carbonyl (C=O) groups is 1. The number of likely N-dealkylation sites (tertiary alicyclic amines) is 1. The van der Waals surface area contributed by atoms with Crippen LogP contribution in [0, 0.1) is 0 Å². The topological polar surface area (TPSA) is 95.8 Å². The molecule has 3 aromatic rings. The zero-order valence-corrected chi connectivity index (χ0v) is 17.0. The number of urea groups is 1. The lowest BCUT2D eigenvalue weighted by Crippen LogP contribution is -2.50. The average Bonchev–Trinajstić information content (AvgIpc) is 3.23. The molecule has 8 nitrogen and oxygen atoms in total. The van der Waals surface area contributed by atoms with Gasteiger partial charge >= 0.3 is 6.03 Å². The van der Waals surface area contributed by atoms with Crippen molar-refractivity contribution >= 4 is 38.0 Å².